The summed E-state index contributed by atoms with van der Waals surface area (Å²) in [5.41, 5.74) is 6.35. The number of hydrogen-bond donors (Lipinski definition) is 3. The Morgan fingerprint density at radius 1 is 1.25 bits per heavy atom. The molecule has 1 aromatic rings. The summed E-state index contributed by atoms with van der Waals surface area (Å²) in [5, 5.41) is 9.76. The lowest BCUT2D eigenvalue weighted by Gasteiger charge is -2.06. The molecule has 24 heavy (non-hydrogen) atoms. The van der Waals surface area contributed by atoms with E-state index in [2.05, 4.69) is 10.3 Å². The number of aliphatic imine (C=N–C) groups is 1. The van der Waals surface area contributed by atoms with Gasteiger partial charge in [0.1, 0.15) is 5.84 Å². The van der Waals surface area contributed by atoms with Gasteiger partial charge < -0.3 is 16.2 Å². The van der Waals surface area contributed by atoms with Gasteiger partial charge in [-0.3, -0.25) is 9.59 Å². The van der Waals surface area contributed by atoms with E-state index in [1.54, 1.807) is 12.1 Å². The van der Waals surface area contributed by atoms with Gasteiger partial charge in [0.25, 0.3) is 0 Å². The molecule has 0 aromatic heterocycles. The molecule has 0 atom stereocenters. The highest BCUT2D eigenvalue weighted by Crippen LogP contribution is 2.28. The van der Waals surface area contributed by atoms with Crippen LogP contribution in [0.5, 0.6) is 0 Å². The Hall–Kier alpha value is -2.42. The van der Waals surface area contributed by atoms with Crippen molar-refractivity contribution in [2.24, 2.45) is 16.6 Å². The summed E-state index contributed by atoms with van der Waals surface area (Å²) in [6, 6.07) is 6.09. The van der Waals surface area contributed by atoms with E-state index >= 15 is 0 Å². The van der Waals surface area contributed by atoms with Gasteiger partial charge in [-0.25, -0.2) is 0 Å². The van der Waals surface area contributed by atoms with Gasteiger partial charge in [-0.1, -0.05) is 24.3 Å². The fourth-order valence-corrected chi connectivity index (χ4v) is 1.71. The second kappa shape index (κ2) is 8.44. The van der Waals surface area contributed by atoms with E-state index in [1.165, 1.54) is 12.1 Å². The lowest BCUT2D eigenvalue weighted by atomic mass is 10.1. The van der Waals surface area contributed by atoms with Gasteiger partial charge in [-0.05, 0) is 18.4 Å². The molecule has 0 unspecified atom stereocenters. The fraction of sp³-hybridized carbons (Fsp3) is 0.400. The average molecular weight is 345 g/mol. The standard InChI is InChI=1S/C14H14F3N3O2.CH4O/c15-14(16,17)13(22)20-11(18)9-3-1-8(2-4-9)7-19-12(21)10-5-6-10;1-2/h1-4,10H,5-7H2,(H,19,21)(H2,18,20,22);2H,1H3. The molecule has 2 amide bonds. The topological polar surface area (TPSA) is 105 Å². The molecule has 0 bridgehead atoms. The van der Waals surface area contributed by atoms with Crippen LogP contribution < -0.4 is 11.1 Å². The Balaban J connectivity index is 0.00000139. The van der Waals surface area contributed by atoms with Gasteiger partial charge in [-0.15, -0.1) is 0 Å². The van der Waals surface area contributed by atoms with Crippen molar-refractivity contribution in [3.63, 3.8) is 0 Å². The molecule has 0 heterocycles. The number of halogens is 3. The molecule has 1 aliphatic carbocycles. The fourth-order valence-electron chi connectivity index (χ4n) is 1.71. The maximum Gasteiger partial charge on any atom is 0.473 e. The number of nitrogens with one attached hydrogen (secondary N) is 1. The summed E-state index contributed by atoms with van der Waals surface area (Å²) in [6.07, 6.45) is -3.23. The number of aliphatic hydroxyl groups is 1. The maximum absolute atomic E-state index is 12.1. The quantitative estimate of drug-likeness (QED) is 0.562. The SMILES string of the molecule is CO.NC(=NC(=O)C(F)(F)F)c1ccc(CNC(=O)C2CC2)cc1. The Morgan fingerprint density at radius 3 is 2.25 bits per heavy atom. The van der Waals surface area contributed by atoms with Crippen LogP contribution >= 0.6 is 0 Å². The number of nitrogens with two attached hydrogens (primary N) is 1. The first-order chi connectivity index (χ1) is 11.3. The molecule has 0 saturated heterocycles. The number of nitrogens with zero attached hydrogens (tertiary/aromatic N) is 1. The third-order valence-electron chi connectivity index (χ3n) is 3.13. The van der Waals surface area contributed by atoms with Gasteiger partial charge in [0, 0.05) is 25.1 Å². The maximum atomic E-state index is 12.1. The van der Waals surface area contributed by atoms with Gasteiger partial charge in [0.05, 0.1) is 0 Å². The van der Waals surface area contributed by atoms with Crippen LogP contribution in [0, 0.1) is 5.92 Å². The van der Waals surface area contributed by atoms with Crippen LogP contribution in [-0.2, 0) is 16.1 Å². The predicted molar refractivity (Wildman–Crippen MR) is 80.9 cm³/mol. The number of aliphatic hydroxyl groups excluding tert-OH is 1. The number of carbonyl (C=O) groups excluding carboxylic acids is 2. The zero-order valence-electron chi connectivity index (χ0n) is 12.9. The van der Waals surface area contributed by atoms with Crippen LogP contribution in [0.25, 0.3) is 0 Å². The molecule has 2 rings (SSSR count). The van der Waals surface area contributed by atoms with E-state index in [1.807, 2.05) is 0 Å². The molecule has 0 spiro atoms. The summed E-state index contributed by atoms with van der Waals surface area (Å²) in [6.45, 7) is 0.328. The summed E-state index contributed by atoms with van der Waals surface area (Å²) in [5.74, 6) is -2.64. The Kier molecular flexibility index (Phi) is 6.90. The van der Waals surface area contributed by atoms with E-state index in [4.69, 9.17) is 10.8 Å². The molecule has 0 radical (unpaired) electrons. The van der Waals surface area contributed by atoms with E-state index < -0.39 is 17.9 Å². The number of amides is 2. The van der Waals surface area contributed by atoms with Gasteiger partial charge in [0.2, 0.25) is 5.91 Å². The first-order valence-electron chi connectivity index (χ1n) is 7.04. The monoisotopic (exact) mass is 345 g/mol. The molecule has 6 nitrogen and oxygen atoms in total. The lowest BCUT2D eigenvalue weighted by molar-refractivity contribution is -0.169. The molecule has 1 aromatic carbocycles. The summed E-state index contributed by atoms with van der Waals surface area (Å²) < 4.78 is 36.2. The Morgan fingerprint density at radius 2 is 1.79 bits per heavy atom. The number of alkyl halides is 3. The van der Waals surface area contributed by atoms with Crippen LogP contribution in [0.15, 0.2) is 29.3 Å². The minimum atomic E-state index is -5.04. The van der Waals surface area contributed by atoms with E-state index in [9.17, 15) is 22.8 Å². The molecule has 4 N–H and O–H groups in total. The van der Waals surface area contributed by atoms with Crippen LogP contribution in [0.4, 0.5) is 13.2 Å². The smallest absolute Gasteiger partial charge is 0.400 e. The van der Waals surface area contributed by atoms with Gasteiger partial charge >= 0.3 is 12.1 Å². The number of hydrogen-bond acceptors (Lipinski definition) is 3. The molecular weight excluding hydrogens is 327 g/mol. The predicted octanol–water partition coefficient (Wildman–Crippen LogP) is 1.12. The molecule has 0 aliphatic heterocycles. The largest absolute Gasteiger partial charge is 0.473 e. The van der Waals surface area contributed by atoms with Crippen LogP contribution in [0.3, 0.4) is 0 Å². The van der Waals surface area contributed by atoms with Crippen molar-refractivity contribution in [2.75, 3.05) is 7.11 Å². The lowest BCUT2D eigenvalue weighted by Crippen LogP contribution is -2.25. The molecular formula is C15H18F3N3O3. The number of benzene rings is 1. The second-order valence-corrected chi connectivity index (χ2v) is 4.99. The zero-order chi connectivity index (χ0) is 18.3. The van der Waals surface area contributed by atoms with Crippen LogP contribution in [0.2, 0.25) is 0 Å². The minimum absolute atomic E-state index is 0.000858. The van der Waals surface area contributed by atoms with Gasteiger partial charge in [-0.2, -0.15) is 18.2 Å². The molecule has 9 heteroatoms. The highest BCUT2D eigenvalue weighted by atomic mass is 19.4. The van der Waals surface area contributed by atoms with Crippen molar-refractivity contribution < 1.29 is 27.9 Å². The average Bonchev–Trinajstić information content (AvgIpc) is 3.39. The molecule has 1 fully saturated rings. The zero-order valence-corrected chi connectivity index (χ0v) is 12.9. The van der Waals surface area contributed by atoms with Crippen molar-refractivity contribution in [1.82, 2.24) is 5.32 Å². The Labute approximate surface area is 136 Å². The van der Waals surface area contributed by atoms with Gasteiger partial charge in [0.15, 0.2) is 0 Å². The van der Waals surface area contributed by atoms with E-state index in [0.717, 1.165) is 25.5 Å². The van der Waals surface area contributed by atoms with Crippen LogP contribution in [0.1, 0.15) is 24.0 Å². The molecule has 132 valence electrons. The second-order valence-electron chi connectivity index (χ2n) is 4.99. The third-order valence-corrected chi connectivity index (χ3v) is 3.13. The molecule has 1 aliphatic rings. The summed E-state index contributed by atoms with van der Waals surface area (Å²) >= 11 is 0. The number of rotatable bonds is 4. The third kappa shape index (κ3) is 5.99. The first kappa shape index (κ1) is 19.6. The highest BCUT2D eigenvalue weighted by Gasteiger charge is 2.38. The summed E-state index contributed by atoms with van der Waals surface area (Å²) in [4.78, 5) is 25.0. The van der Waals surface area contributed by atoms with Crippen molar-refractivity contribution >= 4 is 17.6 Å². The Bertz CT molecular complexity index is 609. The highest BCUT2D eigenvalue weighted by molar-refractivity contribution is 6.05. The van der Waals surface area contributed by atoms with Crippen LogP contribution in [-0.4, -0.2) is 36.0 Å². The minimum Gasteiger partial charge on any atom is -0.400 e. The van der Waals surface area contributed by atoms with Crippen molar-refractivity contribution in [1.29, 1.82) is 0 Å². The number of amidine groups is 1. The normalized spacial score (nSPS) is 14.5. The first-order valence-corrected chi connectivity index (χ1v) is 7.04. The molecule has 1 saturated carbocycles. The van der Waals surface area contributed by atoms with E-state index in [0.29, 0.717) is 6.54 Å². The van der Waals surface area contributed by atoms with Crippen molar-refractivity contribution in [2.45, 2.75) is 25.6 Å². The van der Waals surface area contributed by atoms with Crippen molar-refractivity contribution in [3.8, 4) is 0 Å². The number of carbonyl (C=O) groups is 2. The van der Waals surface area contributed by atoms with E-state index in [-0.39, 0.29) is 17.4 Å². The van der Waals surface area contributed by atoms with Crippen molar-refractivity contribution in [3.05, 3.63) is 35.4 Å². The summed E-state index contributed by atoms with van der Waals surface area (Å²) in [7, 11) is 1.00.